The van der Waals surface area contributed by atoms with Crippen molar-refractivity contribution in [3.05, 3.63) is 34.9 Å². The van der Waals surface area contributed by atoms with Crippen molar-refractivity contribution < 1.29 is 14.4 Å². The van der Waals surface area contributed by atoms with Crippen LogP contribution in [-0.2, 0) is 11.8 Å². The summed E-state index contributed by atoms with van der Waals surface area (Å²) in [4.78, 5) is 11.7. The predicted octanol–water partition coefficient (Wildman–Crippen LogP) is 1.73. The second kappa shape index (κ2) is 4.58. The van der Waals surface area contributed by atoms with Crippen molar-refractivity contribution >= 4 is 5.91 Å². The number of benzene rings is 1. The van der Waals surface area contributed by atoms with Crippen LogP contribution in [0.2, 0.25) is 0 Å². The molecule has 4 rings (SSSR count). The normalized spacial score (nSPS) is 37.6. The van der Waals surface area contributed by atoms with Crippen molar-refractivity contribution in [3.8, 4) is 0 Å². The van der Waals surface area contributed by atoms with Gasteiger partial charge in [0.15, 0.2) is 0 Å². The second-order valence-corrected chi connectivity index (χ2v) is 8.42. The quantitative estimate of drug-likeness (QED) is 0.775. The number of hydrogen-bond donors (Lipinski definition) is 2. The molecule has 1 amide bonds. The molecule has 23 heavy (non-hydrogen) atoms. The van der Waals surface area contributed by atoms with Crippen molar-refractivity contribution in [2.45, 2.75) is 55.6 Å². The van der Waals surface area contributed by atoms with Crippen LogP contribution in [-0.4, -0.2) is 47.8 Å². The third-order valence-electron chi connectivity index (χ3n) is 7.07. The Morgan fingerprint density at radius 1 is 1.26 bits per heavy atom. The first kappa shape index (κ1) is 15.2. The summed E-state index contributed by atoms with van der Waals surface area (Å²) in [6.45, 7) is 1.08. The molecule has 1 aliphatic heterocycles. The van der Waals surface area contributed by atoms with Gasteiger partial charge in [-0.3, -0.25) is 4.79 Å². The first-order valence-electron chi connectivity index (χ1n) is 8.78. The van der Waals surface area contributed by atoms with Crippen molar-refractivity contribution in [3.63, 3.8) is 0 Å². The molecule has 1 aromatic carbocycles. The maximum atomic E-state index is 11.8. The molecule has 1 saturated carbocycles. The van der Waals surface area contributed by atoms with Gasteiger partial charge < -0.3 is 15.3 Å². The highest BCUT2D eigenvalue weighted by atomic mass is 16.3. The molecule has 3 aliphatic rings. The minimum atomic E-state index is -0.656. The Morgan fingerprint density at radius 3 is 2.74 bits per heavy atom. The van der Waals surface area contributed by atoms with E-state index in [1.807, 2.05) is 12.1 Å². The molecule has 1 saturated heterocycles. The zero-order chi connectivity index (χ0) is 16.5. The van der Waals surface area contributed by atoms with E-state index in [4.69, 9.17) is 5.73 Å². The highest BCUT2D eigenvalue weighted by molar-refractivity contribution is 5.93. The van der Waals surface area contributed by atoms with Crippen LogP contribution in [0.1, 0.15) is 53.6 Å². The Balaban J connectivity index is 1.96. The first-order chi connectivity index (χ1) is 10.8. The minimum Gasteiger partial charge on any atom is -0.383 e. The predicted molar refractivity (Wildman–Crippen MR) is 89.1 cm³/mol. The fourth-order valence-electron chi connectivity index (χ4n) is 5.80. The number of carbonyl (C=O) groups is 1. The van der Waals surface area contributed by atoms with Crippen LogP contribution in [0.5, 0.6) is 0 Å². The van der Waals surface area contributed by atoms with Gasteiger partial charge in [-0.15, -0.1) is 0 Å². The second-order valence-electron chi connectivity index (χ2n) is 8.42. The molecular formula is C19H27N2O2+. The molecule has 1 aromatic rings. The number of piperidine rings is 1. The van der Waals surface area contributed by atoms with Gasteiger partial charge in [0.2, 0.25) is 5.91 Å². The summed E-state index contributed by atoms with van der Waals surface area (Å²) in [6.07, 6.45) is 6.03. The van der Waals surface area contributed by atoms with Crippen molar-refractivity contribution in [1.82, 2.24) is 0 Å². The molecule has 3 unspecified atom stereocenters. The summed E-state index contributed by atoms with van der Waals surface area (Å²) < 4.78 is 0.884. The lowest BCUT2D eigenvalue weighted by Crippen LogP contribution is -2.76. The summed E-state index contributed by atoms with van der Waals surface area (Å²) in [7, 11) is 4.51. The number of hydrogen-bond acceptors (Lipinski definition) is 2. The van der Waals surface area contributed by atoms with E-state index < -0.39 is 5.60 Å². The molecule has 2 aliphatic carbocycles. The van der Waals surface area contributed by atoms with Gasteiger partial charge in [-0.2, -0.15) is 0 Å². The van der Waals surface area contributed by atoms with Gasteiger partial charge in [0, 0.05) is 23.8 Å². The van der Waals surface area contributed by atoms with Crippen LogP contribution in [0.25, 0.3) is 0 Å². The van der Waals surface area contributed by atoms with E-state index in [-0.39, 0.29) is 17.4 Å². The molecular weight excluding hydrogens is 288 g/mol. The number of likely N-dealkylation sites (tertiary alicyclic amines) is 1. The molecule has 2 bridgehead atoms. The smallest absolute Gasteiger partial charge is 0.248 e. The SMILES string of the molecule is C[N+]1(C)CCC23CCCCC2(O)C1Cc1ccc(C(N)=O)cc13. The third kappa shape index (κ3) is 1.82. The molecule has 4 nitrogen and oxygen atoms in total. The summed E-state index contributed by atoms with van der Waals surface area (Å²) in [5.41, 5.74) is 7.74. The topological polar surface area (TPSA) is 63.3 Å². The van der Waals surface area contributed by atoms with Crippen LogP contribution in [0.3, 0.4) is 0 Å². The number of fused-ring (bicyclic) bond motifs is 1. The summed E-state index contributed by atoms with van der Waals surface area (Å²) in [5.74, 6) is -0.377. The van der Waals surface area contributed by atoms with E-state index in [0.717, 1.165) is 49.6 Å². The summed E-state index contributed by atoms with van der Waals surface area (Å²) in [6, 6.07) is 6.14. The van der Waals surface area contributed by atoms with Crippen LogP contribution in [0.4, 0.5) is 0 Å². The molecule has 3 N–H and O–H groups in total. The minimum absolute atomic E-state index is 0.192. The van der Waals surface area contributed by atoms with E-state index in [1.54, 1.807) is 0 Å². The molecule has 124 valence electrons. The monoisotopic (exact) mass is 315 g/mol. The van der Waals surface area contributed by atoms with E-state index in [2.05, 4.69) is 20.2 Å². The molecule has 0 aromatic heterocycles. The molecule has 2 fully saturated rings. The summed E-state index contributed by atoms with van der Waals surface area (Å²) >= 11 is 0. The van der Waals surface area contributed by atoms with Gasteiger partial charge >= 0.3 is 0 Å². The van der Waals surface area contributed by atoms with Gasteiger partial charge in [-0.05, 0) is 36.1 Å². The maximum absolute atomic E-state index is 11.8. The Hall–Kier alpha value is -1.39. The lowest BCUT2D eigenvalue weighted by Gasteiger charge is -2.64. The Morgan fingerprint density at radius 2 is 2.00 bits per heavy atom. The van der Waals surface area contributed by atoms with E-state index in [9.17, 15) is 9.90 Å². The lowest BCUT2D eigenvalue weighted by atomic mass is 9.49. The van der Waals surface area contributed by atoms with Gasteiger partial charge in [-0.25, -0.2) is 0 Å². The van der Waals surface area contributed by atoms with Crippen molar-refractivity contribution in [2.24, 2.45) is 5.73 Å². The fourth-order valence-corrected chi connectivity index (χ4v) is 5.80. The number of rotatable bonds is 1. The number of nitrogens with zero attached hydrogens (tertiary/aromatic N) is 1. The van der Waals surface area contributed by atoms with Gasteiger partial charge in [0.25, 0.3) is 0 Å². The number of carbonyl (C=O) groups excluding carboxylic acids is 1. The van der Waals surface area contributed by atoms with Crippen LogP contribution in [0, 0.1) is 0 Å². The highest BCUT2D eigenvalue weighted by Gasteiger charge is 2.67. The Kier molecular flexibility index (Phi) is 3.02. The van der Waals surface area contributed by atoms with Crippen LogP contribution in [0.15, 0.2) is 18.2 Å². The number of aliphatic hydroxyl groups is 1. The maximum Gasteiger partial charge on any atom is 0.248 e. The van der Waals surface area contributed by atoms with Crippen LogP contribution < -0.4 is 5.73 Å². The fraction of sp³-hybridized carbons (Fsp3) is 0.632. The molecule has 3 atom stereocenters. The van der Waals surface area contributed by atoms with Crippen LogP contribution >= 0.6 is 0 Å². The number of likely N-dealkylation sites (N-methyl/N-ethyl adjacent to an activating group) is 1. The highest BCUT2D eigenvalue weighted by Crippen LogP contribution is 2.59. The van der Waals surface area contributed by atoms with Gasteiger partial charge in [0.1, 0.15) is 11.6 Å². The molecule has 1 heterocycles. The summed E-state index contributed by atoms with van der Waals surface area (Å²) in [5, 5.41) is 11.8. The Bertz CT molecular complexity index is 684. The van der Waals surface area contributed by atoms with E-state index in [0.29, 0.717) is 5.56 Å². The van der Waals surface area contributed by atoms with E-state index in [1.165, 1.54) is 11.1 Å². The third-order valence-corrected chi connectivity index (χ3v) is 7.07. The van der Waals surface area contributed by atoms with Crippen molar-refractivity contribution in [1.29, 1.82) is 0 Å². The number of quaternary nitrogens is 1. The Labute approximate surface area is 137 Å². The van der Waals surface area contributed by atoms with Gasteiger partial charge in [-0.1, -0.05) is 18.9 Å². The lowest BCUT2D eigenvalue weighted by molar-refractivity contribution is -0.931. The number of nitrogens with two attached hydrogens (primary N) is 1. The largest absolute Gasteiger partial charge is 0.383 e. The average Bonchev–Trinajstić information content (AvgIpc) is 2.50. The standard InChI is InChI=1S/C19H26N2O2/c1-21(2)10-9-18-7-3-4-8-19(18,23)16(21)12-13-5-6-14(17(20)22)11-15(13)18/h5-6,11,16,23H,3-4,7-10,12H2,1-2H3,(H-,20,22)/p+1. The zero-order valence-corrected chi connectivity index (χ0v) is 14.1. The molecule has 0 spiro atoms. The average molecular weight is 315 g/mol. The number of amides is 1. The number of primary amides is 1. The van der Waals surface area contributed by atoms with Gasteiger partial charge in [0.05, 0.1) is 20.6 Å². The first-order valence-corrected chi connectivity index (χ1v) is 8.78. The molecule has 0 radical (unpaired) electrons. The van der Waals surface area contributed by atoms with Crippen molar-refractivity contribution in [2.75, 3.05) is 20.6 Å². The van der Waals surface area contributed by atoms with E-state index >= 15 is 0 Å². The zero-order valence-electron chi connectivity index (χ0n) is 14.1. The molecule has 4 heteroatoms.